The zero-order valence-electron chi connectivity index (χ0n) is 13.8. The molecule has 6 nitrogen and oxygen atoms in total. The number of sulfone groups is 1. The zero-order chi connectivity index (χ0) is 18.9. The fourth-order valence-corrected chi connectivity index (χ4v) is 3.73. The third kappa shape index (κ3) is 3.34. The number of hydrogen-bond donors (Lipinski definition) is 1. The van der Waals surface area contributed by atoms with E-state index in [2.05, 4.69) is 10.3 Å². The lowest BCUT2D eigenvalue weighted by Gasteiger charge is -2.06. The van der Waals surface area contributed by atoms with Crippen molar-refractivity contribution in [2.24, 2.45) is 0 Å². The predicted octanol–water partition coefficient (Wildman–Crippen LogP) is 4.65. The van der Waals surface area contributed by atoms with Crippen LogP contribution in [0.15, 0.2) is 91.7 Å². The molecule has 0 amide bonds. The minimum Gasteiger partial charge on any atom is -0.459 e. The molecule has 0 saturated carbocycles. The molecule has 136 valence electrons. The maximum absolute atomic E-state index is 13.1. The number of furan rings is 1. The number of benzene rings is 2. The highest BCUT2D eigenvalue weighted by Crippen LogP contribution is 2.34. The van der Waals surface area contributed by atoms with E-state index in [-0.39, 0.29) is 27.5 Å². The van der Waals surface area contributed by atoms with Gasteiger partial charge in [-0.25, -0.2) is 12.8 Å². The topological polar surface area (TPSA) is 85.3 Å². The van der Waals surface area contributed by atoms with Crippen LogP contribution in [0.4, 0.5) is 16.0 Å². The Labute approximate surface area is 154 Å². The average Bonchev–Trinajstić information content (AvgIpc) is 3.34. The van der Waals surface area contributed by atoms with Crippen LogP contribution >= 0.6 is 0 Å². The summed E-state index contributed by atoms with van der Waals surface area (Å²) in [6, 6.07) is 16.6. The highest BCUT2D eigenvalue weighted by Gasteiger charge is 2.29. The molecule has 8 heteroatoms. The Morgan fingerprint density at radius 3 is 2.33 bits per heavy atom. The van der Waals surface area contributed by atoms with Crippen LogP contribution < -0.4 is 5.32 Å². The molecule has 0 saturated heterocycles. The smallest absolute Gasteiger partial charge is 0.266 e. The number of aromatic nitrogens is 1. The van der Waals surface area contributed by atoms with Gasteiger partial charge in [0.25, 0.3) is 5.89 Å². The van der Waals surface area contributed by atoms with Crippen molar-refractivity contribution in [3.8, 4) is 11.7 Å². The van der Waals surface area contributed by atoms with Crippen molar-refractivity contribution in [3.05, 3.63) is 78.8 Å². The molecule has 2 aromatic heterocycles. The molecule has 0 aliphatic rings. The summed E-state index contributed by atoms with van der Waals surface area (Å²) in [6.07, 6.45) is 1.43. The van der Waals surface area contributed by atoms with E-state index >= 15 is 0 Å². The Balaban J connectivity index is 1.83. The predicted molar refractivity (Wildman–Crippen MR) is 95.8 cm³/mol. The van der Waals surface area contributed by atoms with Gasteiger partial charge in [0.15, 0.2) is 5.76 Å². The van der Waals surface area contributed by atoms with Crippen molar-refractivity contribution < 1.29 is 21.6 Å². The summed E-state index contributed by atoms with van der Waals surface area (Å²) < 4.78 is 50.0. The van der Waals surface area contributed by atoms with Gasteiger partial charge in [-0.15, -0.1) is 0 Å². The zero-order valence-corrected chi connectivity index (χ0v) is 14.6. The molecule has 1 N–H and O–H groups in total. The fraction of sp³-hybridized carbons (Fsp3) is 0. The first-order chi connectivity index (χ1) is 13.0. The normalized spacial score (nSPS) is 11.4. The van der Waals surface area contributed by atoms with Crippen LogP contribution in [0.25, 0.3) is 11.7 Å². The van der Waals surface area contributed by atoms with Crippen molar-refractivity contribution >= 4 is 21.4 Å². The molecular formula is C19H13FN2O4S. The Hall–Kier alpha value is -3.39. The molecular weight excluding hydrogens is 371 g/mol. The number of nitrogens with one attached hydrogen (secondary N) is 1. The Bertz CT molecular complexity index is 1150. The molecule has 0 spiro atoms. The molecule has 0 unspecified atom stereocenters. The Kier molecular flexibility index (Phi) is 4.25. The first kappa shape index (κ1) is 17.0. The largest absolute Gasteiger partial charge is 0.459 e. The van der Waals surface area contributed by atoms with Crippen molar-refractivity contribution in [1.82, 2.24) is 4.98 Å². The molecule has 2 heterocycles. The summed E-state index contributed by atoms with van der Waals surface area (Å²) in [5.41, 5.74) is 0.447. The van der Waals surface area contributed by atoms with Crippen LogP contribution in [0.2, 0.25) is 0 Å². The van der Waals surface area contributed by atoms with Crippen LogP contribution in [0.1, 0.15) is 0 Å². The molecule has 0 aliphatic carbocycles. The van der Waals surface area contributed by atoms with Crippen LogP contribution in [0.3, 0.4) is 0 Å². The van der Waals surface area contributed by atoms with E-state index in [0.29, 0.717) is 5.69 Å². The van der Waals surface area contributed by atoms with Crippen molar-refractivity contribution in [2.45, 2.75) is 9.92 Å². The van der Waals surface area contributed by atoms with Gasteiger partial charge in [0.2, 0.25) is 20.7 Å². The van der Waals surface area contributed by atoms with Gasteiger partial charge >= 0.3 is 0 Å². The van der Waals surface area contributed by atoms with Gasteiger partial charge in [-0.2, -0.15) is 4.98 Å². The van der Waals surface area contributed by atoms with Crippen LogP contribution in [0.5, 0.6) is 0 Å². The molecule has 0 aliphatic heterocycles. The summed E-state index contributed by atoms with van der Waals surface area (Å²) in [5, 5.41) is 2.55. The standard InChI is InChI=1S/C19H13FN2O4S/c20-13-8-10-14(11-9-13)21-18-19(22-17(26-18)16-7-4-12-25-16)27(23,24)15-5-2-1-3-6-15/h1-12,21H. The number of hydrogen-bond acceptors (Lipinski definition) is 6. The number of halogens is 1. The van der Waals surface area contributed by atoms with Gasteiger partial charge < -0.3 is 14.2 Å². The van der Waals surface area contributed by atoms with Gasteiger partial charge in [0.05, 0.1) is 11.2 Å². The molecule has 0 radical (unpaired) electrons. The number of oxazole rings is 1. The number of anilines is 2. The maximum atomic E-state index is 13.1. The van der Waals surface area contributed by atoms with Crippen LogP contribution in [-0.2, 0) is 9.84 Å². The van der Waals surface area contributed by atoms with E-state index in [4.69, 9.17) is 8.83 Å². The van der Waals surface area contributed by atoms with Gasteiger partial charge in [-0.3, -0.25) is 0 Å². The summed E-state index contributed by atoms with van der Waals surface area (Å²) in [7, 11) is -3.95. The highest BCUT2D eigenvalue weighted by molar-refractivity contribution is 7.91. The van der Waals surface area contributed by atoms with Gasteiger partial charge in [0, 0.05) is 5.69 Å². The second-order valence-electron chi connectivity index (χ2n) is 5.58. The van der Waals surface area contributed by atoms with Crippen molar-refractivity contribution in [2.75, 3.05) is 5.32 Å². The molecule has 4 rings (SSSR count). The second-order valence-corrected chi connectivity index (χ2v) is 7.44. The van der Waals surface area contributed by atoms with Gasteiger partial charge in [0.1, 0.15) is 5.82 Å². The first-order valence-electron chi connectivity index (χ1n) is 7.91. The minimum absolute atomic E-state index is 0.0131. The van der Waals surface area contributed by atoms with Crippen LogP contribution in [-0.4, -0.2) is 13.4 Å². The molecule has 4 aromatic rings. The fourth-order valence-electron chi connectivity index (χ4n) is 2.45. The lowest BCUT2D eigenvalue weighted by molar-refractivity contribution is 0.524. The SMILES string of the molecule is O=S(=O)(c1ccccc1)c1nc(-c2ccco2)oc1Nc1ccc(F)cc1. The van der Waals surface area contributed by atoms with E-state index in [1.54, 1.807) is 30.3 Å². The average molecular weight is 384 g/mol. The van der Waals surface area contributed by atoms with Gasteiger partial charge in [-0.1, -0.05) is 18.2 Å². The molecule has 0 atom stereocenters. The van der Waals surface area contributed by atoms with Crippen LogP contribution in [0, 0.1) is 5.82 Å². The monoisotopic (exact) mass is 384 g/mol. The van der Waals surface area contributed by atoms with E-state index < -0.39 is 15.7 Å². The molecule has 27 heavy (non-hydrogen) atoms. The minimum atomic E-state index is -3.95. The van der Waals surface area contributed by atoms with E-state index in [0.717, 1.165) is 0 Å². The second kappa shape index (κ2) is 6.73. The van der Waals surface area contributed by atoms with E-state index in [1.165, 1.54) is 42.7 Å². The Morgan fingerprint density at radius 1 is 0.926 bits per heavy atom. The summed E-state index contributed by atoms with van der Waals surface area (Å²) in [5.74, 6) is -0.200. The summed E-state index contributed by atoms with van der Waals surface area (Å²) in [4.78, 5) is 4.20. The number of rotatable bonds is 5. The van der Waals surface area contributed by atoms with Crippen molar-refractivity contribution in [3.63, 3.8) is 0 Å². The van der Waals surface area contributed by atoms with Gasteiger partial charge in [-0.05, 0) is 48.5 Å². The maximum Gasteiger partial charge on any atom is 0.266 e. The Morgan fingerprint density at radius 2 is 1.67 bits per heavy atom. The number of nitrogens with zero attached hydrogens (tertiary/aromatic N) is 1. The summed E-state index contributed by atoms with van der Waals surface area (Å²) >= 11 is 0. The molecule has 0 bridgehead atoms. The van der Waals surface area contributed by atoms with E-state index in [1.807, 2.05) is 0 Å². The first-order valence-corrected chi connectivity index (χ1v) is 9.40. The van der Waals surface area contributed by atoms with Crippen molar-refractivity contribution in [1.29, 1.82) is 0 Å². The molecule has 2 aromatic carbocycles. The lowest BCUT2D eigenvalue weighted by Crippen LogP contribution is -2.05. The highest BCUT2D eigenvalue weighted by atomic mass is 32.2. The molecule has 0 fully saturated rings. The summed E-state index contributed by atoms with van der Waals surface area (Å²) in [6.45, 7) is 0. The third-order valence-corrected chi connectivity index (χ3v) is 5.42. The quantitative estimate of drug-likeness (QED) is 0.539. The third-order valence-electron chi connectivity index (χ3n) is 3.74. The lowest BCUT2D eigenvalue weighted by atomic mass is 10.3. The van der Waals surface area contributed by atoms with E-state index in [9.17, 15) is 12.8 Å².